The van der Waals surface area contributed by atoms with Crippen molar-refractivity contribution in [1.29, 1.82) is 0 Å². The van der Waals surface area contributed by atoms with Gasteiger partial charge in [-0.05, 0) is 38.1 Å². The van der Waals surface area contributed by atoms with Crippen molar-refractivity contribution < 1.29 is 28.7 Å². The lowest BCUT2D eigenvalue weighted by molar-refractivity contribution is 0.0982. The van der Waals surface area contributed by atoms with E-state index in [0.29, 0.717) is 31.3 Å². The van der Waals surface area contributed by atoms with Gasteiger partial charge < -0.3 is 9.47 Å². The van der Waals surface area contributed by atoms with Gasteiger partial charge in [0.05, 0.1) is 39.1 Å². The molecular formula is C28H20N2O6S2. The Morgan fingerprint density at radius 1 is 0.711 bits per heavy atom. The molecule has 0 saturated heterocycles. The molecule has 8 nitrogen and oxygen atoms in total. The molecule has 10 heteroatoms. The molecule has 190 valence electrons. The molecule has 0 N–H and O–H groups in total. The average molecular weight is 545 g/mol. The normalized spacial score (nSPS) is 12.0. The number of thiophene rings is 2. The van der Waals surface area contributed by atoms with Crippen LogP contribution in [0.15, 0.2) is 49.1 Å². The predicted molar refractivity (Wildman–Crippen MR) is 146 cm³/mol. The van der Waals surface area contributed by atoms with Crippen molar-refractivity contribution in [2.45, 2.75) is 13.8 Å². The first kappa shape index (κ1) is 25.4. The first-order valence-electron chi connectivity index (χ1n) is 11.4. The van der Waals surface area contributed by atoms with Gasteiger partial charge in [-0.1, -0.05) is 0 Å². The van der Waals surface area contributed by atoms with Crippen LogP contribution in [0.3, 0.4) is 0 Å². The number of hydrogen-bond acceptors (Lipinski definition) is 10. The second-order valence-electron chi connectivity index (χ2n) is 8.39. The minimum atomic E-state index is -0.231. The summed E-state index contributed by atoms with van der Waals surface area (Å²) < 4.78 is 12.0. The van der Waals surface area contributed by atoms with Crippen LogP contribution in [0.25, 0.3) is 20.9 Å². The molecule has 0 saturated carbocycles. The Morgan fingerprint density at radius 3 is 2.05 bits per heavy atom. The highest BCUT2D eigenvalue weighted by molar-refractivity contribution is 7.21. The Bertz CT molecular complexity index is 1690. The molecule has 0 aliphatic heterocycles. The first-order chi connectivity index (χ1) is 18.3. The van der Waals surface area contributed by atoms with E-state index in [1.807, 2.05) is 12.1 Å². The first-order valence-corrected chi connectivity index (χ1v) is 13.0. The van der Waals surface area contributed by atoms with Crippen molar-refractivity contribution in [3.05, 3.63) is 80.4 Å². The van der Waals surface area contributed by atoms with Crippen LogP contribution < -0.4 is 9.47 Å². The Kier molecular flexibility index (Phi) is 6.60. The Labute approximate surface area is 224 Å². The van der Waals surface area contributed by atoms with Crippen molar-refractivity contribution in [2.24, 2.45) is 0 Å². The maximum Gasteiger partial charge on any atom is 0.206 e. The fourth-order valence-corrected chi connectivity index (χ4v) is 6.40. The number of benzene rings is 1. The molecule has 1 aliphatic carbocycles. The van der Waals surface area contributed by atoms with E-state index in [0.717, 1.165) is 43.7 Å². The Hall–Kier alpha value is -4.28. The number of nitrogens with zero attached hydrogens (tertiary/aromatic N) is 2. The van der Waals surface area contributed by atoms with Crippen LogP contribution in [0.1, 0.15) is 64.3 Å². The Morgan fingerprint density at radius 2 is 1.37 bits per heavy atom. The number of carbonyl (C=O) groups is 4. The third-order valence-corrected chi connectivity index (χ3v) is 8.56. The molecule has 0 radical (unpaired) electrons. The molecule has 0 amide bonds. The van der Waals surface area contributed by atoms with Gasteiger partial charge in [0.15, 0.2) is 17.3 Å². The zero-order valence-electron chi connectivity index (χ0n) is 20.8. The van der Waals surface area contributed by atoms with Gasteiger partial charge in [0.2, 0.25) is 5.78 Å². The molecule has 0 atom stereocenters. The Balaban J connectivity index is 0.000000156. The quantitative estimate of drug-likeness (QED) is 0.256. The molecule has 1 aromatic carbocycles. The molecule has 0 spiro atoms. The molecule has 0 bridgehead atoms. The molecule has 0 fully saturated rings. The van der Waals surface area contributed by atoms with E-state index in [9.17, 15) is 19.2 Å². The van der Waals surface area contributed by atoms with E-state index in [1.165, 1.54) is 42.8 Å². The molecule has 38 heavy (non-hydrogen) atoms. The van der Waals surface area contributed by atoms with Crippen molar-refractivity contribution in [3.8, 4) is 11.5 Å². The minimum absolute atomic E-state index is 0.0393. The van der Waals surface area contributed by atoms with Crippen molar-refractivity contribution in [3.63, 3.8) is 0 Å². The van der Waals surface area contributed by atoms with Gasteiger partial charge >= 0.3 is 0 Å². The number of aromatic nitrogens is 2. The summed E-state index contributed by atoms with van der Waals surface area (Å²) in [5.41, 5.74) is 0.997. The topological polar surface area (TPSA) is 113 Å². The lowest BCUT2D eigenvalue weighted by Crippen LogP contribution is -2.18. The van der Waals surface area contributed by atoms with Gasteiger partial charge in [-0.25, -0.2) is 0 Å². The van der Waals surface area contributed by atoms with Crippen LogP contribution in [0, 0.1) is 0 Å². The highest BCUT2D eigenvalue weighted by Crippen LogP contribution is 2.46. The van der Waals surface area contributed by atoms with Gasteiger partial charge in [-0.15, -0.1) is 22.7 Å². The number of fused-ring (bicyclic) bond motifs is 4. The van der Waals surface area contributed by atoms with Gasteiger partial charge in [-0.3, -0.25) is 29.1 Å². The number of pyridine rings is 2. The highest BCUT2D eigenvalue weighted by Gasteiger charge is 2.32. The highest BCUT2D eigenvalue weighted by atomic mass is 32.1. The fourth-order valence-electron chi connectivity index (χ4n) is 4.31. The number of ketones is 4. The number of methoxy groups -OCH3 is 2. The maximum absolute atomic E-state index is 12.2. The third-order valence-electron chi connectivity index (χ3n) is 6.09. The zero-order chi connectivity index (χ0) is 27.1. The van der Waals surface area contributed by atoms with E-state index in [4.69, 9.17) is 9.47 Å². The van der Waals surface area contributed by atoms with Crippen LogP contribution in [-0.2, 0) is 0 Å². The van der Waals surface area contributed by atoms with Crippen molar-refractivity contribution in [2.75, 3.05) is 14.2 Å². The van der Waals surface area contributed by atoms with Gasteiger partial charge in [0, 0.05) is 52.1 Å². The average Bonchev–Trinajstić information content (AvgIpc) is 3.57. The largest absolute Gasteiger partial charge is 0.495 e. The fraction of sp³-hybridized carbons (Fsp3) is 0.143. The van der Waals surface area contributed by atoms with Crippen LogP contribution in [0.4, 0.5) is 0 Å². The van der Waals surface area contributed by atoms with Crippen LogP contribution in [0.2, 0.25) is 0 Å². The van der Waals surface area contributed by atoms with E-state index in [-0.39, 0.29) is 23.1 Å². The summed E-state index contributed by atoms with van der Waals surface area (Å²) in [6.07, 6.45) is 6.34. The smallest absolute Gasteiger partial charge is 0.206 e. The SMILES string of the molecule is CC(=O)c1cc2c(s1)C(=O)c1cnccc1C2=O.COc1c2ccncc2c(OC)c2sc(C(C)=O)cc12. The van der Waals surface area contributed by atoms with Crippen molar-refractivity contribution in [1.82, 2.24) is 9.97 Å². The van der Waals surface area contributed by atoms with E-state index < -0.39 is 0 Å². The summed E-state index contributed by atoms with van der Waals surface area (Å²) >= 11 is 2.49. The maximum atomic E-state index is 12.2. The van der Waals surface area contributed by atoms with Gasteiger partial charge in [0.25, 0.3) is 0 Å². The van der Waals surface area contributed by atoms with E-state index in [1.54, 1.807) is 33.5 Å². The predicted octanol–water partition coefficient (Wildman–Crippen LogP) is 5.79. The van der Waals surface area contributed by atoms with E-state index in [2.05, 4.69) is 9.97 Å². The summed E-state index contributed by atoms with van der Waals surface area (Å²) in [7, 11) is 3.26. The summed E-state index contributed by atoms with van der Waals surface area (Å²) in [5.74, 6) is 0.939. The van der Waals surface area contributed by atoms with Gasteiger partial charge in [-0.2, -0.15) is 0 Å². The minimum Gasteiger partial charge on any atom is -0.495 e. The number of rotatable bonds is 4. The lowest BCUT2D eigenvalue weighted by Gasteiger charge is -2.12. The molecular weight excluding hydrogens is 524 g/mol. The van der Waals surface area contributed by atoms with Crippen LogP contribution in [-0.4, -0.2) is 47.3 Å². The standard InChI is InChI=1S/C15H13NO3S.C13H7NO3S/c1-8(17)12-6-10-13(18-2)9-4-5-16-7-11(9)14(19-3)15(10)20-12;1-6(15)10-4-8-11(16)7-2-3-14-5-9(7)12(17)13(8)18-10/h4-7H,1-3H3;2-5H,1H3. The summed E-state index contributed by atoms with van der Waals surface area (Å²) in [6.45, 7) is 2.98. The lowest BCUT2D eigenvalue weighted by atomic mass is 9.90. The van der Waals surface area contributed by atoms with Gasteiger partial charge in [0.1, 0.15) is 11.5 Å². The monoisotopic (exact) mass is 544 g/mol. The van der Waals surface area contributed by atoms with Crippen LogP contribution >= 0.6 is 22.7 Å². The second-order valence-corrected chi connectivity index (χ2v) is 10.5. The number of ether oxygens (including phenoxy) is 2. The summed E-state index contributed by atoms with van der Waals surface area (Å²) in [6, 6.07) is 6.79. The molecule has 4 aromatic heterocycles. The van der Waals surface area contributed by atoms with E-state index >= 15 is 0 Å². The summed E-state index contributed by atoms with van der Waals surface area (Å²) in [5, 5.41) is 2.72. The van der Waals surface area contributed by atoms with Crippen molar-refractivity contribution >= 4 is 66.7 Å². The zero-order valence-corrected chi connectivity index (χ0v) is 22.4. The number of Topliss-reactive ketones (excluding diaryl/α,β-unsaturated/α-hetero) is 2. The van der Waals surface area contributed by atoms with Crippen LogP contribution in [0.5, 0.6) is 11.5 Å². The molecule has 4 heterocycles. The molecule has 0 unspecified atom stereocenters. The second kappa shape index (κ2) is 9.88. The number of hydrogen-bond donors (Lipinski definition) is 0. The molecule has 1 aliphatic rings. The molecule has 6 rings (SSSR count). The summed E-state index contributed by atoms with van der Waals surface area (Å²) in [4.78, 5) is 56.8. The molecule has 5 aromatic rings. The number of carbonyl (C=O) groups excluding carboxylic acids is 4. The third kappa shape index (κ3) is 4.07.